The highest BCUT2D eigenvalue weighted by Gasteiger charge is 2.42. The number of phenols is 1. The number of phenolic OH excluding ortho intramolecular Hbond substituents is 1. The van der Waals surface area contributed by atoms with E-state index in [1.54, 1.807) is 12.1 Å². The van der Waals surface area contributed by atoms with Crippen LogP contribution in [0.5, 0.6) is 5.75 Å². The zero-order valence-corrected chi connectivity index (χ0v) is 14.1. The third-order valence-corrected chi connectivity index (χ3v) is 4.39. The summed E-state index contributed by atoms with van der Waals surface area (Å²) >= 11 is 0. The molecule has 0 amide bonds. The number of hydrogen-bond acceptors (Lipinski definition) is 3. The second-order valence-corrected chi connectivity index (χ2v) is 6.98. The van der Waals surface area contributed by atoms with Gasteiger partial charge in [0.25, 0.3) is 0 Å². The van der Waals surface area contributed by atoms with Crippen LogP contribution in [-0.2, 0) is 6.54 Å². The maximum atomic E-state index is 9.42. The van der Waals surface area contributed by atoms with Gasteiger partial charge in [-0.25, -0.2) is 0 Å². The summed E-state index contributed by atoms with van der Waals surface area (Å²) < 4.78 is 0. The van der Waals surface area contributed by atoms with Crippen LogP contribution in [-0.4, -0.2) is 33.2 Å². The molecule has 1 aromatic rings. The van der Waals surface area contributed by atoms with Crippen LogP contribution >= 0.6 is 0 Å². The van der Waals surface area contributed by atoms with E-state index in [9.17, 15) is 5.11 Å². The molecule has 0 aromatic heterocycles. The number of benzene rings is 1. The fourth-order valence-corrected chi connectivity index (χ4v) is 3.32. The summed E-state index contributed by atoms with van der Waals surface area (Å²) in [6.45, 7) is 15.4. The molecule has 0 spiro atoms. The molecule has 1 aliphatic rings. The zero-order chi connectivity index (χ0) is 15.8. The molecule has 0 bridgehead atoms. The molecule has 3 nitrogen and oxygen atoms in total. The van der Waals surface area contributed by atoms with E-state index in [1.165, 1.54) is 16.8 Å². The lowest BCUT2D eigenvalue weighted by Crippen LogP contribution is -2.38. The van der Waals surface area contributed by atoms with Crippen LogP contribution in [0.3, 0.4) is 0 Å². The van der Waals surface area contributed by atoms with Gasteiger partial charge in [-0.15, -0.1) is 0 Å². The van der Waals surface area contributed by atoms with E-state index in [1.807, 2.05) is 12.1 Å². The highest BCUT2D eigenvalue weighted by molar-refractivity contribution is 5.29. The Balaban J connectivity index is 2.29. The summed E-state index contributed by atoms with van der Waals surface area (Å²) in [6.07, 6.45) is 0. The Labute approximate surface area is 128 Å². The number of rotatable bonds is 3. The third kappa shape index (κ3) is 3.08. The molecular formula is C18H28N2O. The molecule has 0 unspecified atom stereocenters. The van der Waals surface area contributed by atoms with Gasteiger partial charge in [0.05, 0.1) is 12.2 Å². The second kappa shape index (κ2) is 5.72. The van der Waals surface area contributed by atoms with Crippen LogP contribution in [0.25, 0.3) is 0 Å². The van der Waals surface area contributed by atoms with Gasteiger partial charge in [0, 0.05) is 18.3 Å². The van der Waals surface area contributed by atoms with E-state index in [2.05, 4.69) is 51.3 Å². The fourth-order valence-electron chi connectivity index (χ4n) is 3.32. The smallest absolute Gasteiger partial charge is 0.115 e. The van der Waals surface area contributed by atoms with Crippen molar-refractivity contribution in [3.05, 3.63) is 41.1 Å². The van der Waals surface area contributed by atoms with Gasteiger partial charge in [-0.1, -0.05) is 17.7 Å². The minimum Gasteiger partial charge on any atom is -0.508 e. The van der Waals surface area contributed by atoms with Gasteiger partial charge >= 0.3 is 0 Å². The molecule has 21 heavy (non-hydrogen) atoms. The number of nitrogens with zero attached hydrogens (tertiary/aromatic N) is 2. The maximum Gasteiger partial charge on any atom is 0.115 e. The Morgan fingerprint density at radius 1 is 1.19 bits per heavy atom. The number of aromatic hydroxyl groups is 1. The van der Waals surface area contributed by atoms with E-state index in [4.69, 9.17) is 0 Å². The summed E-state index contributed by atoms with van der Waals surface area (Å²) in [7, 11) is 0. The van der Waals surface area contributed by atoms with Crippen LogP contribution in [0.2, 0.25) is 0 Å². The van der Waals surface area contributed by atoms with Crippen molar-refractivity contribution >= 4 is 0 Å². The minimum atomic E-state index is 0.0288. The Morgan fingerprint density at radius 3 is 2.19 bits per heavy atom. The normalized spacial score (nSPS) is 18.6. The maximum absolute atomic E-state index is 9.42. The lowest BCUT2D eigenvalue weighted by Gasteiger charge is -2.32. The summed E-state index contributed by atoms with van der Waals surface area (Å²) in [5.74, 6) is 0.327. The van der Waals surface area contributed by atoms with Crippen molar-refractivity contribution < 1.29 is 5.11 Å². The summed E-state index contributed by atoms with van der Waals surface area (Å²) in [6, 6.07) is 8.04. The third-order valence-electron chi connectivity index (χ3n) is 4.39. The number of allylic oxidation sites excluding steroid dienone is 1. The van der Waals surface area contributed by atoms with Gasteiger partial charge in [-0.3, -0.25) is 4.90 Å². The van der Waals surface area contributed by atoms with Gasteiger partial charge in [-0.2, -0.15) is 0 Å². The lowest BCUT2D eigenvalue weighted by atomic mass is 9.95. The van der Waals surface area contributed by atoms with Crippen LogP contribution in [0.4, 0.5) is 0 Å². The van der Waals surface area contributed by atoms with Crippen molar-refractivity contribution in [2.75, 3.05) is 6.67 Å². The Morgan fingerprint density at radius 2 is 1.76 bits per heavy atom. The van der Waals surface area contributed by atoms with E-state index in [-0.39, 0.29) is 5.54 Å². The van der Waals surface area contributed by atoms with E-state index >= 15 is 0 Å². The highest BCUT2D eigenvalue weighted by Crippen LogP contribution is 2.38. The first-order valence-corrected chi connectivity index (χ1v) is 7.71. The molecule has 0 saturated carbocycles. The van der Waals surface area contributed by atoms with Gasteiger partial charge in [0.2, 0.25) is 0 Å². The van der Waals surface area contributed by atoms with Crippen molar-refractivity contribution in [1.82, 2.24) is 9.80 Å². The van der Waals surface area contributed by atoms with Crippen LogP contribution in [0, 0.1) is 0 Å². The largest absolute Gasteiger partial charge is 0.508 e. The quantitative estimate of drug-likeness (QED) is 0.912. The summed E-state index contributed by atoms with van der Waals surface area (Å²) in [5.41, 5.74) is 4.10. The number of hydrogen-bond donors (Lipinski definition) is 1. The molecule has 1 fully saturated rings. The molecule has 0 atom stereocenters. The van der Waals surface area contributed by atoms with Gasteiger partial charge in [-0.05, 0) is 59.2 Å². The SMILES string of the molecule is CC(C)=C1N(C(C)C)CN(Cc2ccc(O)cc2)C1(C)C. The molecular weight excluding hydrogens is 260 g/mol. The molecule has 1 heterocycles. The van der Waals surface area contributed by atoms with Crippen LogP contribution in [0.15, 0.2) is 35.5 Å². The first-order chi connectivity index (χ1) is 9.73. The molecule has 1 saturated heterocycles. The van der Waals surface area contributed by atoms with E-state index in [0.717, 1.165) is 13.2 Å². The summed E-state index contributed by atoms with van der Waals surface area (Å²) in [4.78, 5) is 5.00. The van der Waals surface area contributed by atoms with Gasteiger partial charge < -0.3 is 10.0 Å². The van der Waals surface area contributed by atoms with Crippen molar-refractivity contribution in [1.29, 1.82) is 0 Å². The molecule has 116 valence electrons. The molecule has 2 rings (SSSR count). The lowest BCUT2D eigenvalue weighted by molar-refractivity contribution is 0.160. The topological polar surface area (TPSA) is 26.7 Å². The van der Waals surface area contributed by atoms with Crippen LogP contribution < -0.4 is 0 Å². The van der Waals surface area contributed by atoms with Crippen LogP contribution in [0.1, 0.15) is 47.1 Å². The average molecular weight is 288 g/mol. The molecule has 0 aliphatic carbocycles. The molecule has 1 N–H and O–H groups in total. The molecule has 1 aliphatic heterocycles. The van der Waals surface area contributed by atoms with E-state index < -0.39 is 0 Å². The monoisotopic (exact) mass is 288 g/mol. The summed E-state index contributed by atoms with van der Waals surface area (Å²) in [5, 5.41) is 9.42. The van der Waals surface area contributed by atoms with Crippen molar-refractivity contribution in [2.24, 2.45) is 0 Å². The van der Waals surface area contributed by atoms with Gasteiger partial charge in [0.1, 0.15) is 5.75 Å². The average Bonchev–Trinajstić information content (AvgIpc) is 2.64. The molecule has 0 radical (unpaired) electrons. The van der Waals surface area contributed by atoms with Gasteiger partial charge in [0.15, 0.2) is 0 Å². The Bertz CT molecular complexity index is 525. The Hall–Kier alpha value is -1.48. The second-order valence-electron chi connectivity index (χ2n) is 6.98. The fraction of sp³-hybridized carbons (Fsp3) is 0.556. The highest BCUT2D eigenvalue weighted by atomic mass is 16.3. The zero-order valence-electron chi connectivity index (χ0n) is 14.1. The van der Waals surface area contributed by atoms with Crippen molar-refractivity contribution in [3.8, 4) is 5.75 Å². The van der Waals surface area contributed by atoms with Crippen molar-refractivity contribution in [2.45, 2.75) is 59.7 Å². The van der Waals surface area contributed by atoms with Crippen molar-refractivity contribution in [3.63, 3.8) is 0 Å². The first-order valence-electron chi connectivity index (χ1n) is 7.71. The predicted octanol–water partition coefficient (Wildman–Crippen LogP) is 3.95. The standard InChI is InChI=1S/C18H28N2O/c1-13(2)17-18(5,6)19(12-20(17)14(3)4)11-15-7-9-16(21)10-8-15/h7-10,14,21H,11-12H2,1-6H3. The van der Waals surface area contributed by atoms with E-state index in [0.29, 0.717) is 11.8 Å². The molecule has 3 heteroatoms. The predicted molar refractivity (Wildman–Crippen MR) is 87.9 cm³/mol. The minimum absolute atomic E-state index is 0.0288. The molecule has 1 aromatic carbocycles. The Kier molecular flexibility index (Phi) is 4.33. The first kappa shape index (κ1) is 15.9.